The quantitative estimate of drug-likeness (QED) is 0.343. The van der Waals surface area contributed by atoms with Crippen molar-refractivity contribution >= 4 is 32.7 Å². The molecule has 7 nitrogen and oxygen atoms in total. The highest BCUT2D eigenvalue weighted by Crippen LogP contribution is 2.18. The molecule has 0 aliphatic heterocycles. The fraction of sp³-hybridized carbons (Fsp3) is 0.250. The van der Waals surface area contributed by atoms with Crippen molar-refractivity contribution in [3.8, 4) is 0 Å². The van der Waals surface area contributed by atoms with Crippen molar-refractivity contribution in [1.29, 1.82) is 0 Å². The van der Waals surface area contributed by atoms with E-state index in [1.807, 2.05) is 54.6 Å². The number of rotatable bonds is 11. The standard InChI is InChI=1S/C24H26N2O5S/c27-23(25-15-6-9-19-7-2-1-3-8-19)18-31-24(28)14-16-26-32(29,30)22-13-12-20-10-4-5-11-21(20)17-22/h1-5,7-8,10-13,17,26H,6,9,14-16,18H2,(H,25,27). The van der Waals surface area contributed by atoms with Gasteiger partial charge in [-0.3, -0.25) is 9.59 Å². The molecule has 3 rings (SSSR count). The number of carbonyl (C=O) groups is 2. The number of esters is 1. The maximum Gasteiger partial charge on any atom is 0.307 e. The fourth-order valence-electron chi connectivity index (χ4n) is 3.14. The highest BCUT2D eigenvalue weighted by Gasteiger charge is 2.15. The summed E-state index contributed by atoms with van der Waals surface area (Å²) in [6.07, 6.45) is 1.45. The third-order valence-electron chi connectivity index (χ3n) is 4.82. The number of amides is 1. The van der Waals surface area contributed by atoms with Crippen molar-refractivity contribution in [2.24, 2.45) is 0 Å². The Hall–Kier alpha value is -3.23. The Kier molecular flexibility index (Phi) is 8.35. The van der Waals surface area contributed by atoms with Gasteiger partial charge in [0.25, 0.3) is 5.91 Å². The molecule has 3 aromatic carbocycles. The molecule has 0 bridgehead atoms. The van der Waals surface area contributed by atoms with Crippen molar-refractivity contribution in [1.82, 2.24) is 10.0 Å². The summed E-state index contributed by atoms with van der Waals surface area (Å²) in [5, 5.41) is 4.45. The summed E-state index contributed by atoms with van der Waals surface area (Å²) >= 11 is 0. The van der Waals surface area contributed by atoms with Gasteiger partial charge < -0.3 is 10.1 Å². The fourth-order valence-corrected chi connectivity index (χ4v) is 4.21. The molecule has 8 heteroatoms. The molecule has 0 fully saturated rings. The number of benzene rings is 3. The predicted octanol–water partition coefficient (Wildman–Crippen LogP) is 2.80. The summed E-state index contributed by atoms with van der Waals surface area (Å²) in [6, 6.07) is 22.2. The lowest BCUT2D eigenvalue weighted by Crippen LogP contribution is -2.31. The van der Waals surface area contributed by atoms with E-state index in [0.29, 0.717) is 6.54 Å². The predicted molar refractivity (Wildman–Crippen MR) is 122 cm³/mol. The van der Waals surface area contributed by atoms with E-state index in [4.69, 9.17) is 4.74 Å². The van der Waals surface area contributed by atoms with Gasteiger partial charge in [-0.2, -0.15) is 0 Å². The van der Waals surface area contributed by atoms with Crippen molar-refractivity contribution in [3.63, 3.8) is 0 Å². The van der Waals surface area contributed by atoms with Crippen LogP contribution in [-0.2, 0) is 30.8 Å². The summed E-state index contributed by atoms with van der Waals surface area (Å²) in [4.78, 5) is 23.7. The molecule has 0 saturated carbocycles. The zero-order valence-corrected chi connectivity index (χ0v) is 18.4. The van der Waals surface area contributed by atoms with Gasteiger partial charge in [-0.15, -0.1) is 0 Å². The molecule has 2 N–H and O–H groups in total. The number of sulfonamides is 1. The Morgan fingerprint density at radius 2 is 1.56 bits per heavy atom. The van der Waals surface area contributed by atoms with Gasteiger partial charge in [-0.1, -0.05) is 60.7 Å². The van der Waals surface area contributed by atoms with Crippen molar-refractivity contribution in [2.75, 3.05) is 19.7 Å². The molecule has 1 amide bonds. The highest BCUT2D eigenvalue weighted by molar-refractivity contribution is 7.89. The minimum Gasteiger partial charge on any atom is -0.456 e. The Balaban J connectivity index is 1.33. The van der Waals surface area contributed by atoms with Crippen LogP contribution in [-0.4, -0.2) is 40.0 Å². The first-order chi connectivity index (χ1) is 15.4. The average molecular weight is 455 g/mol. The molecular formula is C24H26N2O5S. The van der Waals surface area contributed by atoms with Crippen LogP contribution in [0, 0.1) is 0 Å². The SMILES string of the molecule is O=C(COC(=O)CCNS(=O)(=O)c1ccc2ccccc2c1)NCCCc1ccccc1. The third kappa shape index (κ3) is 7.18. The molecule has 0 aromatic heterocycles. The van der Waals surface area contributed by atoms with E-state index < -0.39 is 16.0 Å². The largest absolute Gasteiger partial charge is 0.456 e. The van der Waals surface area contributed by atoms with Crippen LogP contribution in [0.2, 0.25) is 0 Å². The summed E-state index contributed by atoms with van der Waals surface area (Å²) in [6.45, 7) is -0.0227. The van der Waals surface area contributed by atoms with Gasteiger partial charge in [-0.05, 0) is 41.3 Å². The number of aryl methyl sites for hydroxylation is 1. The number of nitrogens with one attached hydrogen (secondary N) is 2. The number of fused-ring (bicyclic) bond motifs is 1. The summed E-state index contributed by atoms with van der Waals surface area (Å²) in [7, 11) is -3.75. The van der Waals surface area contributed by atoms with Gasteiger partial charge in [0, 0.05) is 13.1 Å². The van der Waals surface area contributed by atoms with Crippen LogP contribution in [0.25, 0.3) is 10.8 Å². The molecular weight excluding hydrogens is 428 g/mol. The second-order valence-electron chi connectivity index (χ2n) is 7.26. The number of ether oxygens (including phenoxy) is 1. The Bertz CT molecular complexity index is 1160. The van der Waals surface area contributed by atoms with Crippen LogP contribution in [0.15, 0.2) is 77.7 Å². The summed E-state index contributed by atoms with van der Waals surface area (Å²) in [5.41, 5.74) is 1.19. The molecule has 0 atom stereocenters. The van der Waals surface area contributed by atoms with Crippen LogP contribution in [0.1, 0.15) is 18.4 Å². The van der Waals surface area contributed by atoms with E-state index in [-0.39, 0.29) is 30.4 Å². The minimum absolute atomic E-state index is 0.118. The monoisotopic (exact) mass is 454 g/mol. The van der Waals surface area contributed by atoms with Gasteiger partial charge >= 0.3 is 5.97 Å². The van der Waals surface area contributed by atoms with Gasteiger partial charge in [0.15, 0.2) is 6.61 Å². The van der Waals surface area contributed by atoms with E-state index >= 15 is 0 Å². The van der Waals surface area contributed by atoms with Gasteiger partial charge in [0.1, 0.15) is 0 Å². The lowest BCUT2D eigenvalue weighted by atomic mass is 10.1. The number of carbonyl (C=O) groups excluding carboxylic acids is 2. The molecule has 0 aliphatic rings. The molecule has 32 heavy (non-hydrogen) atoms. The Morgan fingerprint density at radius 3 is 2.34 bits per heavy atom. The third-order valence-corrected chi connectivity index (χ3v) is 6.28. The summed E-state index contributed by atoms with van der Waals surface area (Å²) < 4.78 is 32.2. The topological polar surface area (TPSA) is 102 Å². The zero-order chi connectivity index (χ0) is 22.8. The molecule has 3 aromatic rings. The molecule has 0 radical (unpaired) electrons. The zero-order valence-electron chi connectivity index (χ0n) is 17.6. The molecule has 0 heterocycles. The van der Waals surface area contributed by atoms with Crippen LogP contribution in [0.5, 0.6) is 0 Å². The second kappa shape index (κ2) is 11.4. The summed E-state index contributed by atoms with van der Waals surface area (Å²) in [5.74, 6) is -1.03. The first kappa shape index (κ1) is 23.4. The number of hydrogen-bond donors (Lipinski definition) is 2. The minimum atomic E-state index is -3.75. The number of hydrogen-bond acceptors (Lipinski definition) is 5. The molecule has 0 saturated heterocycles. The van der Waals surface area contributed by atoms with Crippen molar-refractivity contribution in [2.45, 2.75) is 24.2 Å². The lowest BCUT2D eigenvalue weighted by molar-refractivity contribution is -0.148. The van der Waals surface area contributed by atoms with E-state index in [0.717, 1.165) is 23.6 Å². The van der Waals surface area contributed by atoms with Gasteiger partial charge in [0.05, 0.1) is 11.3 Å². The molecule has 168 valence electrons. The Morgan fingerprint density at radius 1 is 0.844 bits per heavy atom. The maximum atomic E-state index is 12.4. The van der Waals surface area contributed by atoms with E-state index in [9.17, 15) is 18.0 Å². The van der Waals surface area contributed by atoms with Crippen molar-refractivity contribution in [3.05, 3.63) is 78.4 Å². The molecule has 0 spiro atoms. The van der Waals surface area contributed by atoms with Crippen molar-refractivity contribution < 1.29 is 22.7 Å². The first-order valence-corrected chi connectivity index (χ1v) is 11.9. The van der Waals surface area contributed by atoms with Gasteiger partial charge in [0.2, 0.25) is 10.0 Å². The molecule has 0 aliphatic carbocycles. The lowest BCUT2D eigenvalue weighted by Gasteiger charge is -2.09. The maximum absolute atomic E-state index is 12.4. The van der Waals surface area contributed by atoms with Crippen LogP contribution in [0.3, 0.4) is 0 Å². The van der Waals surface area contributed by atoms with E-state index in [1.165, 1.54) is 11.6 Å². The van der Waals surface area contributed by atoms with E-state index in [2.05, 4.69) is 10.0 Å². The van der Waals surface area contributed by atoms with Crippen LogP contribution < -0.4 is 10.0 Å². The normalized spacial score (nSPS) is 11.2. The smallest absolute Gasteiger partial charge is 0.307 e. The van der Waals surface area contributed by atoms with E-state index in [1.54, 1.807) is 12.1 Å². The Labute approximate surface area is 187 Å². The van der Waals surface area contributed by atoms with Crippen LogP contribution >= 0.6 is 0 Å². The highest BCUT2D eigenvalue weighted by atomic mass is 32.2. The van der Waals surface area contributed by atoms with Crippen LogP contribution in [0.4, 0.5) is 0 Å². The average Bonchev–Trinajstić information content (AvgIpc) is 2.81. The molecule has 0 unspecified atom stereocenters. The second-order valence-corrected chi connectivity index (χ2v) is 9.02. The first-order valence-electron chi connectivity index (χ1n) is 10.4. The van der Waals surface area contributed by atoms with Gasteiger partial charge in [-0.25, -0.2) is 13.1 Å².